The molecule has 5 heteroatoms. The molecule has 1 fully saturated rings. The predicted molar refractivity (Wildman–Crippen MR) is 35.0 cm³/mol. The van der Waals surface area contributed by atoms with Crippen LogP contribution in [-0.2, 0) is 0 Å². The van der Waals surface area contributed by atoms with Gasteiger partial charge >= 0.3 is 6.18 Å². The molecule has 0 aromatic carbocycles. The van der Waals surface area contributed by atoms with Crippen LogP contribution in [0, 0.1) is 11.8 Å². The molecule has 1 rings (SSSR count). The third-order valence-electron chi connectivity index (χ3n) is 2.06. The molecule has 11 heavy (non-hydrogen) atoms. The zero-order valence-electron chi connectivity index (χ0n) is 5.99. The van der Waals surface area contributed by atoms with Crippen LogP contribution in [0.4, 0.5) is 13.2 Å². The standard InChI is InChI=1S/C6H11F3N2/c7-6(8,9)5-3-11-2-4(5)1-10/h4-5,11H,1-3,10H2/t4-,5-/m1/s1. The molecule has 0 aromatic rings. The Morgan fingerprint density at radius 2 is 2.00 bits per heavy atom. The van der Waals surface area contributed by atoms with E-state index in [2.05, 4.69) is 5.32 Å². The average Bonchev–Trinajstić information content (AvgIpc) is 2.31. The van der Waals surface area contributed by atoms with Crippen LogP contribution in [0.3, 0.4) is 0 Å². The van der Waals surface area contributed by atoms with E-state index >= 15 is 0 Å². The second-order valence-electron chi connectivity index (χ2n) is 2.80. The number of hydrogen-bond donors (Lipinski definition) is 2. The lowest BCUT2D eigenvalue weighted by atomic mass is 9.96. The van der Waals surface area contributed by atoms with Gasteiger partial charge in [0.2, 0.25) is 0 Å². The zero-order chi connectivity index (χ0) is 8.48. The predicted octanol–water partition coefficient (Wildman–Crippen LogP) is 0.343. The van der Waals surface area contributed by atoms with Gasteiger partial charge in [0.25, 0.3) is 0 Å². The first-order chi connectivity index (χ1) is 5.05. The van der Waals surface area contributed by atoms with Gasteiger partial charge in [-0.15, -0.1) is 0 Å². The summed E-state index contributed by atoms with van der Waals surface area (Å²) in [5, 5.41) is 2.68. The van der Waals surface area contributed by atoms with E-state index in [0.29, 0.717) is 6.54 Å². The number of alkyl halides is 3. The summed E-state index contributed by atoms with van der Waals surface area (Å²) in [5.41, 5.74) is 5.18. The van der Waals surface area contributed by atoms with E-state index in [9.17, 15) is 13.2 Å². The summed E-state index contributed by atoms with van der Waals surface area (Å²) >= 11 is 0. The second-order valence-corrected chi connectivity index (χ2v) is 2.80. The lowest BCUT2D eigenvalue weighted by Crippen LogP contribution is -2.33. The van der Waals surface area contributed by atoms with Gasteiger partial charge in [0, 0.05) is 6.54 Å². The van der Waals surface area contributed by atoms with Gasteiger partial charge in [0.15, 0.2) is 0 Å². The second kappa shape index (κ2) is 2.98. The Labute approximate surface area is 62.9 Å². The number of nitrogens with two attached hydrogens (primary N) is 1. The third kappa shape index (κ3) is 1.84. The number of rotatable bonds is 1. The first kappa shape index (κ1) is 8.80. The van der Waals surface area contributed by atoms with Crippen LogP contribution >= 0.6 is 0 Å². The molecule has 0 unspecified atom stereocenters. The summed E-state index contributed by atoms with van der Waals surface area (Å²) < 4.78 is 36.3. The topological polar surface area (TPSA) is 38.0 Å². The van der Waals surface area contributed by atoms with Gasteiger partial charge in [-0.25, -0.2) is 0 Å². The molecule has 3 N–H and O–H groups in total. The molecule has 1 aliphatic heterocycles. The highest BCUT2D eigenvalue weighted by Crippen LogP contribution is 2.33. The van der Waals surface area contributed by atoms with Crippen molar-refractivity contribution in [1.82, 2.24) is 5.32 Å². The van der Waals surface area contributed by atoms with Gasteiger partial charge in [-0.1, -0.05) is 0 Å². The maximum Gasteiger partial charge on any atom is 0.393 e. The first-order valence-electron chi connectivity index (χ1n) is 3.53. The lowest BCUT2D eigenvalue weighted by Gasteiger charge is -2.19. The van der Waals surface area contributed by atoms with Gasteiger partial charge in [-0.2, -0.15) is 13.2 Å². The molecular weight excluding hydrogens is 157 g/mol. The van der Waals surface area contributed by atoms with Gasteiger partial charge < -0.3 is 11.1 Å². The minimum Gasteiger partial charge on any atom is -0.330 e. The van der Waals surface area contributed by atoms with Crippen molar-refractivity contribution < 1.29 is 13.2 Å². The molecule has 0 spiro atoms. The highest BCUT2D eigenvalue weighted by molar-refractivity contribution is 4.85. The fourth-order valence-corrected chi connectivity index (χ4v) is 1.36. The van der Waals surface area contributed by atoms with Gasteiger partial charge in [-0.05, 0) is 19.0 Å². The van der Waals surface area contributed by atoms with Crippen LogP contribution < -0.4 is 11.1 Å². The summed E-state index contributed by atoms with van der Waals surface area (Å²) in [7, 11) is 0. The van der Waals surface area contributed by atoms with Crippen molar-refractivity contribution in [3.8, 4) is 0 Å². The Kier molecular flexibility index (Phi) is 2.39. The minimum atomic E-state index is -4.09. The molecule has 66 valence electrons. The van der Waals surface area contributed by atoms with E-state index in [1.54, 1.807) is 0 Å². The number of halogens is 3. The van der Waals surface area contributed by atoms with Crippen molar-refractivity contribution in [1.29, 1.82) is 0 Å². The SMILES string of the molecule is NC[C@@H]1CNC[C@H]1C(F)(F)F. The quantitative estimate of drug-likeness (QED) is 0.592. The van der Waals surface area contributed by atoms with Crippen LogP contribution in [-0.4, -0.2) is 25.8 Å². The monoisotopic (exact) mass is 168 g/mol. The molecular formula is C6H11F3N2. The van der Waals surface area contributed by atoms with Crippen molar-refractivity contribution >= 4 is 0 Å². The zero-order valence-corrected chi connectivity index (χ0v) is 5.99. The number of nitrogens with one attached hydrogen (secondary N) is 1. The van der Waals surface area contributed by atoms with Crippen LogP contribution in [0.15, 0.2) is 0 Å². The van der Waals surface area contributed by atoms with E-state index in [0.717, 1.165) is 0 Å². The van der Waals surface area contributed by atoms with Crippen LogP contribution in [0.1, 0.15) is 0 Å². The summed E-state index contributed by atoms with van der Waals surface area (Å²) in [6.45, 7) is 0.517. The van der Waals surface area contributed by atoms with Gasteiger partial charge in [0.1, 0.15) is 0 Å². The molecule has 0 aliphatic carbocycles. The fourth-order valence-electron chi connectivity index (χ4n) is 1.36. The molecule has 0 radical (unpaired) electrons. The van der Waals surface area contributed by atoms with Gasteiger partial charge in [0.05, 0.1) is 5.92 Å². The van der Waals surface area contributed by atoms with E-state index < -0.39 is 18.0 Å². The molecule has 0 saturated carbocycles. The Morgan fingerprint density at radius 1 is 1.36 bits per heavy atom. The normalized spacial score (nSPS) is 32.7. The average molecular weight is 168 g/mol. The van der Waals surface area contributed by atoms with Gasteiger partial charge in [-0.3, -0.25) is 0 Å². The minimum absolute atomic E-state index is 0.0192. The maximum absolute atomic E-state index is 12.1. The summed E-state index contributed by atoms with van der Waals surface area (Å²) in [4.78, 5) is 0. The van der Waals surface area contributed by atoms with Crippen LogP contribution in [0.5, 0.6) is 0 Å². The Bertz CT molecular complexity index is 134. The first-order valence-corrected chi connectivity index (χ1v) is 3.53. The fraction of sp³-hybridized carbons (Fsp3) is 1.00. The molecule has 1 saturated heterocycles. The molecule has 2 nitrogen and oxygen atoms in total. The smallest absolute Gasteiger partial charge is 0.330 e. The Hall–Kier alpha value is -0.290. The molecule has 0 aromatic heterocycles. The maximum atomic E-state index is 12.1. The van der Waals surface area contributed by atoms with Crippen LogP contribution in [0.25, 0.3) is 0 Å². The van der Waals surface area contributed by atoms with E-state index in [1.165, 1.54) is 0 Å². The van der Waals surface area contributed by atoms with E-state index in [-0.39, 0.29) is 13.1 Å². The molecule has 1 aliphatic rings. The van der Waals surface area contributed by atoms with Crippen molar-refractivity contribution in [2.45, 2.75) is 6.18 Å². The molecule has 2 atom stereocenters. The van der Waals surface area contributed by atoms with Crippen molar-refractivity contribution in [3.63, 3.8) is 0 Å². The summed E-state index contributed by atoms with van der Waals surface area (Å²) in [6.07, 6.45) is -4.09. The molecule has 1 heterocycles. The van der Waals surface area contributed by atoms with Crippen LogP contribution in [0.2, 0.25) is 0 Å². The highest BCUT2D eigenvalue weighted by Gasteiger charge is 2.46. The van der Waals surface area contributed by atoms with Crippen molar-refractivity contribution in [2.24, 2.45) is 17.6 Å². The van der Waals surface area contributed by atoms with Crippen molar-refractivity contribution in [2.75, 3.05) is 19.6 Å². The summed E-state index contributed by atoms with van der Waals surface area (Å²) in [5.74, 6) is -1.68. The summed E-state index contributed by atoms with van der Waals surface area (Å²) in [6, 6.07) is 0. The number of hydrogen-bond acceptors (Lipinski definition) is 2. The van der Waals surface area contributed by atoms with E-state index in [1.807, 2.05) is 0 Å². The molecule has 0 amide bonds. The molecule has 0 bridgehead atoms. The third-order valence-corrected chi connectivity index (χ3v) is 2.06. The Balaban J connectivity index is 2.57. The van der Waals surface area contributed by atoms with Crippen molar-refractivity contribution in [3.05, 3.63) is 0 Å². The Morgan fingerprint density at radius 3 is 2.36 bits per heavy atom. The lowest BCUT2D eigenvalue weighted by molar-refractivity contribution is -0.178. The largest absolute Gasteiger partial charge is 0.393 e. The van der Waals surface area contributed by atoms with E-state index in [4.69, 9.17) is 5.73 Å². The highest BCUT2D eigenvalue weighted by atomic mass is 19.4.